The van der Waals surface area contributed by atoms with Gasteiger partial charge in [0.1, 0.15) is 6.04 Å². The molecule has 0 radical (unpaired) electrons. The van der Waals surface area contributed by atoms with E-state index in [4.69, 9.17) is 12.2 Å². The monoisotopic (exact) mass is 250 g/mol. The first kappa shape index (κ1) is 12.7. The van der Waals surface area contributed by atoms with Gasteiger partial charge in [-0.15, -0.1) is 6.42 Å². The lowest BCUT2D eigenvalue weighted by molar-refractivity contribution is -0.118. The Labute approximate surface area is 112 Å². The zero-order chi connectivity index (χ0) is 13.7. The molecule has 0 saturated heterocycles. The molecule has 2 rings (SSSR count). The second kappa shape index (κ2) is 5.74. The molecule has 0 aliphatic carbocycles. The van der Waals surface area contributed by atoms with E-state index in [0.29, 0.717) is 0 Å². The van der Waals surface area contributed by atoms with E-state index in [1.807, 2.05) is 48.5 Å². The van der Waals surface area contributed by atoms with Gasteiger partial charge in [-0.3, -0.25) is 4.79 Å². The number of primary amides is 1. The van der Waals surface area contributed by atoms with Gasteiger partial charge in [-0.1, -0.05) is 42.3 Å². The first-order valence-corrected chi connectivity index (χ1v) is 5.88. The molecule has 0 aromatic heterocycles. The van der Waals surface area contributed by atoms with Crippen molar-refractivity contribution in [1.82, 2.24) is 0 Å². The fourth-order valence-electron chi connectivity index (χ4n) is 1.83. The van der Waals surface area contributed by atoms with Crippen LogP contribution < -0.4 is 11.1 Å². The van der Waals surface area contributed by atoms with E-state index >= 15 is 0 Å². The Morgan fingerprint density at radius 1 is 1.16 bits per heavy atom. The van der Waals surface area contributed by atoms with Gasteiger partial charge >= 0.3 is 0 Å². The predicted molar refractivity (Wildman–Crippen MR) is 76.4 cm³/mol. The van der Waals surface area contributed by atoms with Gasteiger partial charge < -0.3 is 11.1 Å². The molecular formula is C16H14N2O. The van der Waals surface area contributed by atoms with Crippen LogP contribution in [0.2, 0.25) is 0 Å². The van der Waals surface area contributed by atoms with Gasteiger partial charge in [0, 0.05) is 11.3 Å². The summed E-state index contributed by atoms with van der Waals surface area (Å²) in [5, 5.41) is 3.10. The highest BCUT2D eigenvalue weighted by molar-refractivity contribution is 5.84. The highest BCUT2D eigenvalue weighted by atomic mass is 16.1. The maximum atomic E-state index is 11.6. The van der Waals surface area contributed by atoms with E-state index in [0.717, 1.165) is 16.8 Å². The van der Waals surface area contributed by atoms with Crippen LogP contribution in [-0.2, 0) is 4.79 Å². The van der Waals surface area contributed by atoms with E-state index < -0.39 is 11.9 Å². The summed E-state index contributed by atoms with van der Waals surface area (Å²) in [6, 6.07) is 16.1. The average molecular weight is 250 g/mol. The van der Waals surface area contributed by atoms with Gasteiger partial charge in [0.25, 0.3) is 0 Å². The number of rotatable bonds is 4. The molecule has 0 aliphatic heterocycles. The van der Waals surface area contributed by atoms with Gasteiger partial charge in [0.05, 0.1) is 0 Å². The molecule has 2 aromatic carbocycles. The fourth-order valence-corrected chi connectivity index (χ4v) is 1.83. The van der Waals surface area contributed by atoms with Crippen molar-refractivity contribution in [1.29, 1.82) is 0 Å². The third kappa shape index (κ3) is 3.14. The summed E-state index contributed by atoms with van der Waals surface area (Å²) in [7, 11) is 0. The molecular weight excluding hydrogens is 236 g/mol. The van der Waals surface area contributed by atoms with Gasteiger partial charge in [0.2, 0.25) is 5.91 Å². The van der Waals surface area contributed by atoms with Crippen LogP contribution in [0.5, 0.6) is 0 Å². The van der Waals surface area contributed by atoms with Gasteiger partial charge in [0.15, 0.2) is 0 Å². The van der Waals surface area contributed by atoms with Crippen molar-refractivity contribution in [2.75, 3.05) is 5.32 Å². The molecule has 3 heteroatoms. The van der Waals surface area contributed by atoms with E-state index in [9.17, 15) is 4.79 Å². The van der Waals surface area contributed by atoms with Crippen molar-refractivity contribution < 1.29 is 4.79 Å². The van der Waals surface area contributed by atoms with Crippen LogP contribution >= 0.6 is 0 Å². The predicted octanol–water partition coefficient (Wildman–Crippen LogP) is 2.31. The van der Waals surface area contributed by atoms with Crippen LogP contribution in [0.15, 0.2) is 54.6 Å². The second-order valence-corrected chi connectivity index (χ2v) is 4.12. The fraction of sp³-hybridized carbons (Fsp3) is 0.0625. The molecule has 0 saturated carbocycles. The molecule has 19 heavy (non-hydrogen) atoms. The van der Waals surface area contributed by atoms with Crippen molar-refractivity contribution >= 4 is 11.6 Å². The quantitative estimate of drug-likeness (QED) is 0.818. The third-order valence-electron chi connectivity index (χ3n) is 2.76. The van der Waals surface area contributed by atoms with E-state index in [2.05, 4.69) is 11.2 Å². The minimum Gasteiger partial charge on any atom is -0.370 e. The van der Waals surface area contributed by atoms with Gasteiger partial charge in [-0.2, -0.15) is 0 Å². The number of nitrogens with two attached hydrogens (primary N) is 1. The molecule has 3 N–H and O–H groups in total. The Morgan fingerprint density at radius 2 is 1.89 bits per heavy atom. The van der Waals surface area contributed by atoms with Crippen LogP contribution in [0, 0.1) is 12.3 Å². The first-order valence-electron chi connectivity index (χ1n) is 5.88. The smallest absolute Gasteiger partial charge is 0.244 e. The summed E-state index contributed by atoms with van der Waals surface area (Å²) < 4.78 is 0. The van der Waals surface area contributed by atoms with Crippen molar-refractivity contribution in [2.24, 2.45) is 5.73 Å². The SMILES string of the molecule is C#Cc1cccc(N[C@@H](C(N)=O)c2ccccc2)c1. The largest absolute Gasteiger partial charge is 0.370 e. The molecule has 0 fully saturated rings. The average Bonchev–Trinajstić information content (AvgIpc) is 2.45. The second-order valence-electron chi connectivity index (χ2n) is 4.12. The first-order chi connectivity index (χ1) is 9.20. The summed E-state index contributed by atoms with van der Waals surface area (Å²) in [6.45, 7) is 0. The Balaban J connectivity index is 2.27. The molecule has 1 amide bonds. The minimum absolute atomic E-state index is 0.433. The van der Waals surface area contributed by atoms with Crippen LogP contribution in [0.1, 0.15) is 17.2 Å². The van der Waals surface area contributed by atoms with Crippen molar-refractivity contribution in [3.05, 3.63) is 65.7 Å². The summed E-state index contributed by atoms with van der Waals surface area (Å²) in [5.74, 6) is 2.12. The van der Waals surface area contributed by atoms with Crippen molar-refractivity contribution in [2.45, 2.75) is 6.04 Å². The Kier molecular flexibility index (Phi) is 3.84. The number of carbonyl (C=O) groups excluding carboxylic acids is 1. The molecule has 0 unspecified atom stereocenters. The number of benzene rings is 2. The summed E-state index contributed by atoms with van der Waals surface area (Å²) in [6.07, 6.45) is 5.35. The molecule has 2 aromatic rings. The zero-order valence-corrected chi connectivity index (χ0v) is 10.3. The molecule has 1 atom stereocenters. The zero-order valence-electron chi connectivity index (χ0n) is 10.3. The molecule has 94 valence electrons. The summed E-state index contributed by atoms with van der Waals surface area (Å²) >= 11 is 0. The van der Waals surface area contributed by atoms with Crippen LogP contribution in [0.25, 0.3) is 0 Å². The van der Waals surface area contributed by atoms with E-state index in [1.165, 1.54) is 0 Å². The van der Waals surface area contributed by atoms with Crippen LogP contribution in [0.4, 0.5) is 5.69 Å². The number of hydrogen-bond donors (Lipinski definition) is 2. The van der Waals surface area contributed by atoms with Crippen LogP contribution in [0.3, 0.4) is 0 Å². The van der Waals surface area contributed by atoms with Crippen molar-refractivity contribution in [3.8, 4) is 12.3 Å². The Hall–Kier alpha value is -2.73. The Morgan fingerprint density at radius 3 is 2.53 bits per heavy atom. The van der Waals surface area contributed by atoms with E-state index in [-0.39, 0.29) is 0 Å². The lowest BCUT2D eigenvalue weighted by Crippen LogP contribution is -2.27. The number of hydrogen-bond acceptors (Lipinski definition) is 2. The number of nitrogens with one attached hydrogen (secondary N) is 1. The topological polar surface area (TPSA) is 55.1 Å². The third-order valence-corrected chi connectivity index (χ3v) is 2.76. The number of carbonyl (C=O) groups is 1. The summed E-state index contributed by atoms with van der Waals surface area (Å²) in [5.41, 5.74) is 7.78. The highest BCUT2D eigenvalue weighted by Gasteiger charge is 2.16. The maximum Gasteiger partial charge on any atom is 0.244 e. The Bertz CT molecular complexity index is 614. The molecule has 0 bridgehead atoms. The minimum atomic E-state index is -0.575. The molecule has 3 nitrogen and oxygen atoms in total. The van der Waals surface area contributed by atoms with Crippen LogP contribution in [-0.4, -0.2) is 5.91 Å². The number of anilines is 1. The lowest BCUT2D eigenvalue weighted by atomic mass is 10.1. The normalized spacial score (nSPS) is 11.3. The highest BCUT2D eigenvalue weighted by Crippen LogP contribution is 2.20. The number of amides is 1. The van der Waals surface area contributed by atoms with E-state index in [1.54, 1.807) is 6.07 Å². The molecule has 0 spiro atoms. The number of terminal acetylenes is 1. The standard InChI is InChI=1S/C16H14N2O/c1-2-12-7-6-10-14(11-12)18-15(16(17)19)13-8-4-3-5-9-13/h1,3-11,15,18H,(H2,17,19)/t15-/m1/s1. The van der Waals surface area contributed by atoms with Crippen molar-refractivity contribution in [3.63, 3.8) is 0 Å². The van der Waals surface area contributed by atoms with Gasteiger partial charge in [-0.05, 0) is 23.8 Å². The lowest BCUT2D eigenvalue weighted by Gasteiger charge is -2.17. The summed E-state index contributed by atoms with van der Waals surface area (Å²) in [4.78, 5) is 11.6. The maximum absolute atomic E-state index is 11.6. The van der Waals surface area contributed by atoms with Gasteiger partial charge in [-0.25, -0.2) is 0 Å². The molecule has 0 aliphatic rings. The molecule has 0 heterocycles.